The van der Waals surface area contributed by atoms with Crippen molar-refractivity contribution in [1.29, 1.82) is 0 Å². The van der Waals surface area contributed by atoms with E-state index in [1.165, 1.54) is 11.1 Å². The van der Waals surface area contributed by atoms with Crippen molar-refractivity contribution in [2.45, 2.75) is 25.3 Å². The van der Waals surface area contributed by atoms with Gasteiger partial charge >= 0.3 is 0 Å². The SMILES string of the molecule is COc1cc(CNC(=O)CSc2cc(C)c(Br)cc2C)ccn1. The van der Waals surface area contributed by atoms with Crippen molar-refractivity contribution in [3.63, 3.8) is 0 Å². The van der Waals surface area contributed by atoms with Crippen LogP contribution in [0.5, 0.6) is 5.88 Å². The molecule has 0 fully saturated rings. The zero-order valence-corrected chi connectivity index (χ0v) is 15.8. The number of thioether (sulfide) groups is 1. The third kappa shape index (κ3) is 5.25. The van der Waals surface area contributed by atoms with Crippen LogP contribution < -0.4 is 10.1 Å². The van der Waals surface area contributed by atoms with Crippen molar-refractivity contribution < 1.29 is 9.53 Å². The molecule has 4 nitrogen and oxygen atoms in total. The molecular weight excluding hydrogens is 376 g/mol. The Morgan fingerprint density at radius 3 is 2.83 bits per heavy atom. The van der Waals surface area contributed by atoms with E-state index in [4.69, 9.17) is 4.74 Å². The Kier molecular flexibility index (Phi) is 6.47. The number of nitrogens with zero attached hydrogens (tertiary/aromatic N) is 1. The molecule has 0 aliphatic carbocycles. The van der Waals surface area contributed by atoms with Crippen molar-refractivity contribution in [2.75, 3.05) is 12.9 Å². The van der Waals surface area contributed by atoms with Gasteiger partial charge in [0.2, 0.25) is 11.8 Å². The molecule has 2 rings (SSSR count). The second-order valence-corrected chi connectivity index (χ2v) is 7.01. The van der Waals surface area contributed by atoms with Crippen LogP contribution in [0.15, 0.2) is 39.8 Å². The molecule has 1 aromatic carbocycles. The summed E-state index contributed by atoms with van der Waals surface area (Å²) in [5.74, 6) is 0.947. The highest BCUT2D eigenvalue weighted by Gasteiger charge is 2.07. The quantitative estimate of drug-likeness (QED) is 0.755. The summed E-state index contributed by atoms with van der Waals surface area (Å²) in [6.45, 7) is 4.56. The molecule has 0 aliphatic heterocycles. The van der Waals surface area contributed by atoms with E-state index in [1.54, 1.807) is 25.1 Å². The summed E-state index contributed by atoms with van der Waals surface area (Å²) in [5.41, 5.74) is 3.30. The molecular formula is C17H19BrN2O2S. The molecule has 0 bridgehead atoms. The number of nitrogens with one attached hydrogen (secondary N) is 1. The Bertz CT molecular complexity index is 707. The maximum absolute atomic E-state index is 12.0. The first kappa shape index (κ1) is 17.8. The molecule has 0 spiro atoms. The molecule has 0 aliphatic rings. The smallest absolute Gasteiger partial charge is 0.230 e. The van der Waals surface area contributed by atoms with Crippen LogP contribution in [-0.2, 0) is 11.3 Å². The fraction of sp³-hybridized carbons (Fsp3) is 0.294. The fourth-order valence-electron chi connectivity index (χ4n) is 1.98. The number of aryl methyl sites for hydroxylation is 2. The first-order valence-electron chi connectivity index (χ1n) is 7.14. The van der Waals surface area contributed by atoms with Crippen LogP contribution in [0, 0.1) is 13.8 Å². The number of amides is 1. The van der Waals surface area contributed by atoms with Crippen LogP contribution in [0.2, 0.25) is 0 Å². The van der Waals surface area contributed by atoms with E-state index < -0.39 is 0 Å². The molecule has 1 aromatic heterocycles. The topological polar surface area (TPSA) is 51.2 Å². The zero-order valence-electron chi connectivity index (χ0n) is 13.4. The Labute approximate surface area is 149 Å². The number of hydrogen-bond acceptors (Lipinski definition) is 4. The maximum Gasteiger partial charge on any atom is 0.230 e. The second kappa shape index (κ2) is 8.36. The fourth-order valence-corrected chi connectivity index (χ4v) is 3.37. The average molecular weight is 395 g/mol. The van der Waals surface area contributed by atoms with E-state index in [0.717, 1.165) is 14.9 Å². The normalized spacial score (nSPS) is 10.4. The van der Waals surface area contributed by atoms with E-state index in [1.807, 2.05) is 26.0 Å². The number of pyridine rings is 1. The van der Waals surface area contributed by atoms with Gasteiger partial charge in [0.15, 0.2) is 0 Å². The number of benzene rings is 1. The van der Waals surface area contributed by atoms with Crippen molar-refractivity contribution in [3.05, 3.63) is 51.6 Å². The van der Waals surface area contributed by atoms with Crippen LogP contribution in [0.3, 0.4) is 0 Å². The van der Waals surface area contributed by atoms with E-state index in [2.05, 4.69) is 38.4 Å². The summed E-state index contributed by atoms with van der Waals surface area (Å²) in [4.78, 5) is 17.2. The Hall–Kier alpha value is -1.53. The first-order chi connectivity index (χ1) is 11.0. The van der Waals surface area contributed by atoms with Gasteiger partial charge in [0.1, 0.15) is 0 Å². The van der Waals surface area contributed by atoms with Gasteiger partial charge in [0.25, 0.3) is 0 Å². The number of carbonyl (C=O) groups excluding carboxylic acids is 1. The molecule has 122 valence electrons. The molecule has 0 radical (unpaired) electrons. The molecule has 2 aromatic rings. The summed E-state index contributed by atoms with van der Waals surface area (Å²) >= 11 is 5.07. The van der Waals surface area contributed by atoms with Gasteiger partial charge < -0.3 is 10.1 Å². The third-order valence-corrected chi connectivity index (χ3v) is 5.32. The Morgan fingerprint density at radius 2 is 2.09 bits per heavy atom. The average Bonchev–Trinajstić information content (AvgIpc) is 2.55. The number of halogens is 1. The lowest BCUT2D eigenvalue weighted by molar-refractivity contribution is -0.118. The highest BCUT2D eigenvalue weighted by atomic mass is 79.9. The minimum atomic E-state index is 0.00532. The van der Waals surface area contributed by atoms with Gasteiger partial charge in [-0.3, -0.25) is 4.79 Å². The van der Waals surface area contributed by atoms with E-state index in [-0.39, 0.29) is 5.91 Å². The van der Waals surface area contributed by atoms with E-state index in [0.29, 0.717) is 18.2 Å². The minimum Gasteiger partial charge on any atom is -0.481 e. The highest BCUT2D eigenvalue weighted by Crippen LogP contribution is 2.28. The van der Waals surface area contributed by atoms with Crippen LogP contribution in [0.1, 0.15) is 16.7 Å². The summed E-state index contributed by atoms with van der Waals surface area (Å²) < 4.78 is 6.16. The summed E-state index contributed by atoms with van der Waals surface area (Å²) in [6, 6.07) is 7.86. The number of methoxy groups -OCH3 is 1. The minimum absolute atomic E-state index is 0.00532. The van der Waals surface area contributed by atoms with Crippen LogP contribution in [0.25, 0.3) is 0 Å². The molecule has 0 saturated carbocycles. The van der Waals surface area contributed by atoms with Crippen LogP contribution in [0.4, 0.5) is 0 Å². The number of aromatic nitrogens is 1. The molecule has 1 heterocycles. The second-order valence-electron chi connectivity index (χ2n) is 5.14. The standard InChI is InChI=1S/C17H19BrN2O2S/c1-11-7-15(12(2)6-14(11)18)23-10-16(21)20-9-13-4-5-19-17(8-13)22-3/h4-8H,9-10H2,1-3H3,(H,20,21). The first-order valence-corrected chi connectivity index (χ1v) is 8.92. The van der Waals surface area contributed by atoms with Crippen LogP contribution in [-0.4, -0.2) is 23.8 Å². The maximum atomic E-state index is 12.0. The molecule has 23 heavy (non-hydrogen) atoms. The van der Waals surface area contributed by atoms with Gasteiger partial charge in [0, 0.05) is 28.2 Å². The Balaban J connectivity index is 1.87. The summed E-state index contributed by atoms with van der Waals surface area (Å²) in [7, 11) is 1.57. The van der Waals surface area contributed by atoms with Crippen LogP contribution >= 0.6 is 27.7 Å². The van der Waals surface area contributed by atoms with Crippen molar-refractivity contribution in [3.8, 4) is 5.88 Å². The van der Waals surface area contributed by atoms with Gasteiger partial charge in [0.05, 0.1) is 12.9 Å². The van der Waals surface area contributed by atoms with Gasteiger partial charge in [-0.25, -0.2) is 4.98 Å². The number of rotatable bonds is 6. The zero-order chi connectivity index (χ0) is 16.8. The molecule has 1 amide bonds. The van der Waals surface area contributed by atoms with Gasteiger partial charge in [-0.15, -0.1) is 11.8 Å². The van der Waals surface area contributed by atoms with E-state index >= 15 is 0 Å². The summed E-state index contributed by atoms with van der Waals surface area (Å²) in [6.07, 6.45) is 1.67. The van der Waals surface area contributed by atoms with Gasteiger partial charge in [-0.05, 0) is 48.7 Å². The van der Waals surface area contributed by atoms with E-state index in [9.17, 15) is 4.79 Å². The summed E-state index contributed by atoms with van der Waals surface area (Å²) in [5, 5.41) is 2.91. The molecule has 6 heteroatoms. The van der Waals surface area contributed by atoms with Crippen molar-refractivity contribution >= 4 is 33.6 Å². The molecule has 0 atom stereocenters. The largest absolute Gasteiger partial charge is 0.481 e. The van der Waals surface area contributed by atoms with Crippen molar-refractivity contribution in [2.24, 2.45) is 0 Å². The van der Waals surface area contributed by atoms with Gasteiger partial charge in [-0.1, -0.05) is 15.9 Å². The monoisotopic (exact) mass is 394 g/mol. The molecule has 1 N–H and O–H groups in total. The van der Waals surface area contributed by atoms with Gasteiger partial charge in [-0.2, -0.15) is 0 Å². The lowest BCUT2D eigenvalue weighted by atomic mass is 10.2. The number of hydrogen-bond donors (Lipinski definition) is 1. The predicted molar refractivity (Wildman–Crippen MR) is 97.0 cm³/mol. The molecule has 0 unspecified atom stereocenters. The molecule has 0 saturated heterocycles. The predicted octanol–water partition coefficient (Wildman–Crippen LogP) is 3.88. The Morgan fingerprint density at radius 1 is 1.30 bits per heavy atom. The number of ether oxygens (including phenoxy) is 1. The lowest BCUT2D eigenvalue weighted by Crippen LogP contribution is -2.24. The third-order valence-electron chi connectivity index (χ3n) is 3.31. The lowest BCUT2D eigenvalue weighted by Gasteiger charge is -2.09. The number of carbonyl (C=O) groups is 1. The highest BCUT2D eigenvalue weighted by molar-refractivity contribution is 9.10. The van der Waals surface area contributed by atoms with Crippen molar-refractivity contribution in [1.82, 2.24) is 10.3 Å².